The highest BCUT2D eigenvalue weighted by Gasteiger charge is 2.19. The minimum Gasteiger partial charge on any atom is -0.408 e. The molecule has 0 atom stereocenters. The molecule has 0 amide bonds. The van der Waals surface area contributed by atoms with Crippen LogP contribution < -0.4 is 10.5 Å². The molecule has 9 nitrogen and oxygen atoms in total. The van der Waals surface area contributed by atoms with Gasteiger partial charge in [0.15, 0.2) is 11.4 Å². The average molecular weight is 428 g/mol. The molecule has 0 spiro atoms. The predicted molar refractivity (Wildman–Crippen MR) is 110 cm³/mol. The molecular weight excluding hydrogens is 408 g/mol. The van der Waals surface area contributed by atoms with Crippen LogP contribution in [0.4, 0.5) is 5.69 Å². The van der Waals surface area contributed by atoms with E-state index < -0.39 is 15.8 Å². The zero-order chi connectivity index (χ0) is 21.3. The molecule has 2 aromatic carbocycles. The third-order valence-corrected chi connectivity index (χ3v) is 6.06. The lowest BCUT2D eigenvalue weighted by Crippen LogP contribution is -2.15. The Morgan fingerprint density at radius 1 is 1.07 bits per heavy atom. The molecule has 0 bridgehead atoms. The van der Waals surface area contributed by atoms with Gasteiger partial charge in [-0.3, -0.25) is 9.29 Å². The van der Waals surface area contributed by atoms with Crippen molar-refractivity contribution in [2.75, 3.05) is 4.72 Å². The highest BCUT2D eigenvalue weighted by molar-refractivity contribution is 7.92. The van der Waals surface area contributed by atoms with Gasteiger partial charge in [-0.2, -0.15) is 4.98 Å². The van der Waals surface area contributed by atoms with Gasteiger partial charge >= 0.3 is 5.76 Å². The van der Waals surface area contributed by atoms with Crippen molar-refractivity contribution in [3.8, 4) is 0 Å². The molecule has 2 heterocycles. The first kappa shape index (κ1) is 19.9. The van der Waals surface area contributed by atoms with Gasteiger partial charge in [-0.1, -0.05) is 31.1 Å². The second-order valence-corrected chi connectivity index (χ2v) is 8.38. The van der Waals surface area contributed by atoms with Gasteiger partial charge in [-0.05, 0) is 36.2 Å². The maximum absolute atomic E-state index is 12.7. The van der Waals surface area contributed by atoms with Crippen LogP contribution >= 0.6 is 0 Å². The van der Waals surface area contributed by atoms with Crippen molar-refractivity contribution in [1.29, 1.82) is 0 Å². The molecule has 30 heavy (non-hydrogen) atoms. The minimum absolute atomic E-state index is 0.0108. The summed E-state index contributed by atoms with van der Waals surface area (Å²) in [6, 6.07) is 11.4. The predicted octanol–water partition coefficient (Wildman–Crippen LogP) is 2.95. The number of benzene rings is 2. The van der Waals surface area contributed by atoms with Crippen LogP contribution in [0, 0.1) is 0 Å². The number of oxazole rings is 1. The van der Waals surface area contributed by atoms with E-state index in [9.17, 15) is 13.2 Å². The molecule has 0 saturated carbocycles. The van der Waals surface area contributed by atoms with Gasteiger partial charge in [0.05, 0.1) is 17.0 Å². The van der Waals surface area contributed by atoms with Crippen LogP contribution in [0.1, 0.15) is 31.1 Å². The first-order valence-corrected chi connectivity index (χ1v) is 10.9. The van der Waals surface area contributed by atoms with Crippen molar-refractivity contribution in [3.63, 3.8) is 0 Å². The summed E-state index contributed by atoms with van der Waals surface area (Å²) < 4.78 is 39.7. The van der Waals surface area contributed by atoms with E-state index >= 15 is 0 Å². The molecule has 0 aliphatic rings. The summed E-state index contributed by atoms with van der Waals surface area (Å²) in [6.45, 7) is 3.96. The number of hydrogen-bond donors (Lipinski definition) is 1. The van der Waals surface area contributed by atoms with E-state index in [2.05, 4.69) is 14.9 Å². The molecular formula is C20H20N4O5S. The van der Waals surface area contributed by atoms with E-state index in [1.165, 1.54) is 22.8 Å². The molecule has 0 saturated heterocycles. The van der Waals surface area contributed by atoms with E-state index in [0.29, 0.717) is 29.3 Å². The molecule has 4 aromatic rings. The maximum Gasteiger partial charge on any atom is 0.420 e. The highest BCUT2D eigenvalue weighted by Crippen LogP contribution is 2.22. The summed E-state index contributed by atoms with van der Waals surface area (Å²) >= 11 is 0. The molecule has 10 heteroatoms. The van der Waals surface area contributed by atoms with Gasteiger partial charge < -0.3 is 8.94 Å². The van der Waals surface area contributed by atoms with E-state index in [-0.39, 0.29) is 17.0 Å². The Morgan fingerprint density at radius 3 is 2.50 bits per heavy atom. The van der Waals surface area contributed by atoms with Gasteiger partial charge in [0.1, 0.15) is 0 Å². The smallest absolute Gasteiger partial charge is 0.408 e. The Kier molecular flexibility index (Phi) is 5.17. The molecule has 1 N–H and O–H groups in total. The quantitative estimate of drug-likeness (QED) is 0.480. The van der Waals surface area contributed by atoms with Crippen molar-refractivity contribution in [1.82, 2.24) is 14.7 Å². The fraction of sp³-hybridized carbons (Fsp3) is 0.250. The molecule has 4 rings (SSSR count). The minimum atomic E-state index is -3.85. The number of rotatable bonds is 7. The van der Waals surface area contributed by atoms with E-state index in [4.69, 9.17) is 8.94 Å². The topological polar surface area (TPSA) is 120 Å². The molecule has 0 fully saturated rings. The maximum atomic E-state index is 12.7. The number of fused-ring (bicyclic) bond motifs is 1. The number of aryl methyl sites for hydroxylation is 2. The van der Waals surface area contributed by atoms with Crippen molar-refractivity contribution < 1.29 is 17.4 Å². The number of anilines is 1. The molecule has 156 valence electrons. The number of nitrogens with one attached hydrogen (secondary N) is 1. The first-order chi connectivity index (χ1) is 14.4. The van der Waals surface area contributed by atoms with Crippen molar-refractivity contribution >= 4 is 26.8 Å². The number of nitrogens with zero attached hydrogens (tertiary/aromatic N) is 3. The third kappa shape index (κ3) is 3.86. The van der Waals surface area contributed by atoms with E-state index in [1.54, 1.807) is 12.1 Å². The number of hydrogen-bond acceptors (Lipinski definition) is 7. The van der Waals surface area contributed by atoms with Gasteiger partial charge in [0, 0.05) is 18.2 Å². The van der Waals surface area contributed by atoms with Crippen LogP contribution in [0.25, 0.3) is 11.1 Å². The summed E-state index contributed by atoms with van der Waals surface area (Å²) in [5.41, 5.74) is 2.16. The first-order valence-electron chi connectivity index (χ1n) is 9.46. The zero-order valence-corrected chi connectivity index (χ0v) is 17.3. The normalized spacial score (nSPS) is 11.8. The third-order valence-electron chi connectivity index (χ3n) is 4.68. The lowest BCUT2D eigenvalue weighted by molar-refractivity contribution is 0.375. The standard InChI is InChI=1S/C20H20N4O5S/c1-3-13-5-7-14(8-6-13)23-30(26,27)15-9-10-16-17(11-15)28-20(25)24(16)12-18-21-19(4-2)29-22-18/h5-11,23H,3-4,12H2,1-2H3. The van der Waals surface area contributed by atoms with Crippen molar-refractivity contribution in [3.05, 3.63) is 70.3 Å². The van der Waals surface area contributed by atoms with E-state index in [0.717, 1.165) is 12.0 Å². The highest BCUT2D eigenvalue weighted by atomic mass is 32.2. The lowest BCUT2D eigenvalue weighted by Gasteiger charge is -2.08. The van der Waals surface area contributed by atoms with Gasteiger partial charge in [0.25, 0.3) is 10.0 Å². The van der Waals surface area contributed by atoms with Crippen LogP contribution in [0.2, 0.25) is 0 Å². The van der Waals surface area contributed by atoms with Crippen LogP contribution in [-0.2, 0) is 29.4 Å². The van der Waals surface area contributed by atoms with Crippen LogP contribution in [0.15, 0.2) is 61.1 Å². The number of aromatic nitrogens is 3. The SMILES string of the molecule is CCc1ccc(NS(=O)(=O)c2ccc3c(c2)oc(=O)n3Cc2noc(CC)n2)cc1. The summed E-state index contributed by atoms with van der Waals surface area (Å²) in [7, 11) is -3.85. The summed E-state index contributed by atoms with van der Waals surface area (Å²) in [6.07, 6.45) is 1.45. The summed E-state index contributed by atoms with van der Waals surface area (Å²) in [5.74, 6) is 0.174. The molecule has 0 aliphatic heterocycles. The molecule has 0 unspecified atom stereocenters. The Balaban J connectivity index is 1.63. The summed E-state index contributed by atoms with van der Waals surface area (Å²) in [5, 5.41) is 3.83. The Hall–Kier alpha value is -3.40. The fourth-order valence-corrected chi connectivity index (χ4v) is 4.10. The zero-order valence-electron chi connectivity index (χ0n) is 16.5. The van der Waals surface area contributed by atoms with Gasteiger partial charge in [-0.25, -0.2) is 13.2 Å². The Labute approximate surface area is 172 Å². The Bertz CT molecular complexity index is 1350. The van der Waals surface area contributed by atoms with Crippen molar-refractivity contribution in [2.45, 2.75) is 38.1 Å². The van der Waals surface area contributed by atoms with Crippen LogP contribution in [-0.4, -0.2) is 23.1 Å². The van der Waals surface area contributed by atoms with Crippen LogP contribution in [0.5, 0.6) is 0 Å². The second-order valence-electron chi connectivity index (χ2n) is 6.70. The molecule has 2 aromatic heterocycles. The lowest BCUT2D eigenvalue weighted by atomic mass is 10.2. The summed E-state index contributed by atoms with van der Waals surface area (Å²) in [4.78, 5) is 16.4. The second kappa shape index (κ2) is 7.79. The van der Waals surface area contributed by atoms with E-state index in [1.807, 2.05) is 26.0 Å². The van der Waals surface area contributed by atoms with Crippen molar-refractivity contribution in [2.24, 2.45) is 0 Å². The monoisotopic (exact) mass is 428 g/mol. The largest absolute Gasteiger partial charge is 0.420 e. The average Bonchev–Trinajstić information content (AvgIpc) is 3.32. The molecule has 0 radical (unpaired) electrons. The fourth-order valence-electron chi connectivity index (χ4n) is 3.03. The van der Waals surface area contributed by atoms with Gasteiger partial charge in [0.2, 0.25) is 5.89 Å². The van der Waals surface area contributed by atoms with Gasteiger partial charge in [-0.15, -0.1) is 0 Å². The number of sulfonamides is 1. The van der Waals surface area contributed by atoms with Crippen LogP contribution in [0.3, 0.4) is 0 Å². The Morgan fingerprint density at radius 2 is 1.83 bits per heavy atom. The molecule has 0 aliphatic carbocycles.